The van der Waals surface area contributed by atoms with Gasteiger partial charge in [-0.2, -0.15) is 0 Å². The minimum Gasteiger partial charge on any atom is -0.341 e. The summed E-state index contributed by atoms with van der Waals surface area (Å²) in [4.78, 5) is 30.1. The van der Waals surface area contributed by atoms with E-state index in [2.05, 4.69) is 28.0 Å². The first-order valence-corrected chi connectivity index (χ1v) is 11.8. The molecule has 3 N–H and O–H groups in total. The predicted octanol–water partition coefficient (Wildman–Crippen LogP) is 3.67. The van der Waals surface area contributed by atoms with Crippen molar-refractivity contribution in [1.82, 2.24) is 24.8 Å². The second-order valence-corrected chi connectivity index (χ2v) is 8.56. The number of H-pyrrole nitrogens is 1. The van der Waals surface area contributed by atoms with E-state index >= 15 is 0 Å². The summed E-state index contributed by atoms with van der Waals surface area (Å²) in [6.07, 6.45) is 6.11. The van der Waals surface area contributed by atoms with Crippen molar-refractivity contribution in [3.63, 3.8) is 0 Å². The lowest BCUT2D eigenvalue weighted by Crippen LogP contribution is -2.32. The molecule has 1 fully saturated rings. The molecule has 5 rings (SSSR count). The number of aryl methyl sites for hydroxylation is 1. The van der Waals surface area contributed by atoms with Crippen molar-refractivity contribution in [3.05, 3.63) is 59.2 Å². The Hall–Kier alpha value is -2.77. The summed E-state index contributed by atoms with van der Waals surface area (Å²) in [5.41, 5.74) is 10.8. The average molecular weight is 435 g/mol. The molecule has 1 amide bonds. The number of rotatable bonds is 4. The molecule has 3 heterocycles. The van der Waals surface area contributed by atoms with Crippen molar-refractivity contribution in [2.75, 3.05) is 20.1 Å². The van der Waals surface area contributed by atoms with Crippen LogP contribution in [-0.4, -0.2) is 56.8 Å². The smallest absolute Gasteiger partial charge is 0.256 e. The zero-order valence-electron chi connectivity index (χ0n) is 19.3. The number of amides is 1. The van der Waals surface area contributed by atoms with Crippen LogP contribution >= 0.6 is 0 Å². The fraction of sp³-hybridized carbons (Fsp3) is 0.480. The van der Waals surface area contributed by atoms with Crippen molar-refractivity contribution in [2.24, 2.45) is 5.73 Å². The lowest BCUT2D eigenvalue weighted by Gasteiger charge is -2.31. The number of hydrogen-bond acceptors (Lipinski definition) is 5. The van der Waals surface area contributed by atoms with Gasteiger partial charge in [-0.15, -0.1) is 0 Å². The van der Waals surface area contributed by atoms with Crippen LogP contribution in [0.15, 0.2) is 36.5 Å². The summed E-state index contributed by atoms with van der Waals surface area (Å²) in [5.74, 6) is 0.888. The summed E-state index contributed by atoms with van der Waals surface area (Å²) in [6, 6.07) is 10.3. The largest absolute Gasteiger partial charge is 0.341 e. The molecule has 7 nitrogen and oxygen atoms in total. The number of benzene rings is 1. The maximum Gasteiger partial charge on any atom is 0.256 e. The SMILES string of the molecule is CC.CN(Cc1nc2c(C(=O)N3CCC(N)C3)cccc2[nH]1)C1CCCc2cccnc21. The van der Waals surface area contributed by atoms with Crippen LogP contribution in [0.1, 0.15) is 66.6 Å². The summed E-state index contributed by atoms with van der Waals surface area (Å²) in [7, 11) is 2.12. The monoisotopic (exact) mass is 434 g/mol. The third kappa shape index (κ3) is 4.40. The molecule has 0 saturated carbocycles. The average Bonchev–Trinajstić information content (AvgIpc) is 3.45. The van der Waals surface area contributed by atoms with Crippen molar-refractivity contribution in [2.45, 2.75) is 58.2 Å². The Kier molecular flexibility index (Phi) is 6.86. The van der Waals surface area contributed by atoms with E-state index in [1.165, 1.54) is 17.7 Å². The minimum absolute atomic E-state index is 0.0189. The molecule has 0 bridgehead atoms. The Morgan fingerprint density at radius 1 is 1.25 bits per heavy atom. The maximum absolute atomic E-state index is 13.0. The number of carbonyl (C=O) groups excluding carboxylic acids is 1. The van der Waals surface area contributed by atoms with Crippen LogP contribution in [0.25, 0.3) is 11.0 Å². The van der Waals surface area contributed by atoms with Gasteiger partial charge >= 0.3 is 0 Å². The molecule has 2 aromatic heterocycles. The topological polar surface area (TPSA) is 91.1 Å². The van der Waals surface area contributed by atoms with E-state index in [4.69, 9.17) is 10.7 Å². The first-order chi connectivity index (χ1) is 15.6. The number of carbonyl (C=O) groups is 1. The second-order valence-electron chi connectivity index (χ2n) is 8.56. The number of para-hydroxylation sites is 1. The van der Waals surface area contributed by atoms with Gasteiger partial charge < -0.3 is 15.6 Å². The zero-order chi connectivity index (χ0) is 22.7. The van der Waals surface area contributed by atoms with E-state index in [1.54, 1.807) is 0 Å². The highest BCUT2D eigenvalue weighted by Gasteiger charge is 2.28. The van der Waals surface area contributed by atoms with Crippen LogP contribution in [0.5, 0.6) is 0 Å². The molecule has 7 heteroatoms. The molecule has 0 radical (unpaired) electrons. The highest BCUT2D eigenvalue weighted by atomic mass is 16.2. The van der Waals surface area contributed by atoms with Gasteiger partial charge in [0.15, 0.2) is 0 Å². The van der Waals surface area contributed by atoms with E-state index in [0.717, 1.165) is 36.1 Å². The van der Waals surface area contributed by atoms with E-state index in [1.807, 2.05) is 49.2 Å². The van der Waals surface area contributed by atoms with Crippen LogP contribution in [0.3, 0.4) is 0 Å². The van der Waals surface area contributed by atoms with Gasteiger partial charge in [-0.3, -0.25) is 14.7 Å². The molecule has 2 atom stereocenters. The molecule has 32 heavy (non-hydrogen) atoms. The summed E-state index contributed by atoms with van der Waals surface area (Å²) >= 11 is 0. The van der Waals surface area contributed by atoms with Gasteiger partial charge in [0.25, 0.3) is 5.91 Å². The van der Waals surface area contributed by atoms with Gasteiger partial charge in [0.1, 0.15) is 11.3 Å². The van der Waals surface area contributed by atoms with Gasteiger partial charge in [0, 0.05) is 25.3 Å². The van der Waals surface area contributed by atoms with Crippen molar-refractivity contribution in [3.8, 4) is 0 Å². The normalized spacial score (nSPS) is 20.2. The molecule has 3 aromatic rings. The zero-order valence-corrected chi connectivity index (χ0v) is 19.3. The van der Waals surface area contributed by atoms with Gasteiger partial charge in [-0.1, -0.05) is 26.0 Å². The number of nitrogens with zero attached hydrogens (tertiary/aromatic N) is 4. The molecule has 1 aliphatic carbocycles. The second kappa shape index (κ2) is 9.79. The first-order valence-electron chi connectivity index (χ1n) is 11.8. The van der Waals surface area contributed by atoms with Crippen LogP contribution < -0.4 is 5.73 Å². The molecule has 1 saturated heterocycles. The Balaban J connectivity index is 0.00000119. The molecule has 2 aliphatic rings. The number of hydrogen-bond donors (Lipinski definition) is 2. The number of aromatic nitrogens is 3. The molecule has 0 spiro atoms. The molecular formula is C25H34N6O. The number of imidazole rings is 1. The maximum atomic E-state index is 13.0. The lowest BCUT2D eigenvalue weighted by atomic mass is 9.91. The Bertz CT molecular complexity index is 1080. The van der Waals surface area contributed by atoms with E-state index in [9.17, 15) is 4.79 Å². The van der Waals surface area contributed by atoms with Gasteiger partial charge in [-0.05, 0) is 56.5 Å². The first kappa shape index (κ1) is 22.4. The number of fused-ring (bicyclic) bond motifs is 2. The number of aromatic amines is 1. The third-order valence-electron chi connectivity index (χ3n) is 6.40. The molecule has 170 valence electrons. The minimum atomic E-state index is 0.0189. The number of pyridine rings is 1. The van der Waals surface area contributed by atoms with Gasteiger partial charge in [0.2, 0.25) is 0 Å². The highest BCUT2D eigenvalue weighted by molar-refractivity contribution is 6.05. The van der Waals surface area contributed by atoms with Crippen molar-refractivity contribution in [1.29, 1.82) is 0 Å². The summed E-state index contributed by atoms with van der Waals surface area (Å²) in [6.45, 7) is 6.01. The van der Waals surface area contributed by atoms with E-state index in [-0.39, 0.29) is 18.0 Å². The fourth-order valence-electron chi connectivity index (χ4n) is 4.83. The fourth-order valence-corrected chi connectivity index (χ4v) is 4.83. The number of likely N-dealkylation sites (tertiary alicyclic amines) is 1. The summed E-state index contributed by atoms with van der Waals surface area (Å²) < 4.78 is 0. The Morgan fingerprint density at radius 3 is 2.88 bits per heavy atom. The standard InChI is InChI=1S/C23H28N6O.C2H6/c1-28(19-9-2-5-15-6-4-11-25-21(15)19)14-20-26-18-8-3-7-17(22(18)27-20)23(30)29-12-10-16(24)13-29;1-2/h3-4,6-8,11,16,19H,2,5,9-10,12-14,24H2,1H3,(H,26,27);1-2H3. The van der Waals surface area contributed by atoms with Crippen molar-refractivity contribution >= 4 is 16.9 Å². The van der Waals surface area contributed by atoms with Gasteiger partial charge in [0.05, 0.1) is 29.4 Å². The van der Waals surface area contributed by atoms with E-state index in [0.29, 0.717) is 25.2 Å². The van der Waals surface area contributed by atoms with E-state index < -0.39 is 0 Å². The van der Waals surface area contributed by atoms with Crippen molar-refractivity contribution < 1.29 is 4.79 Å². The summed E-state index contributed by atoms with van der Waals surface area (Å²) in [5, 5.41) is 0. The van der Waals surface area contributed by atoms with Gasteiger partial charge in [-0.25, -0.2) is 4.98 Å². The molecule has 1 aliphatic heterocycles. The molecule has 2 unspecified atom stereocenters. The molecular weight excluding hydrogens is 400 g/mol. The Morgan fingerprint density at radius 2 is 2.09 bits per heavy atom. The number of nitrogens with one attached hydrogen (secondary N) is 1. The van der Waals surface area contributed by atoms with Crippen LogP contribution in [0.4, 0.5) is 0 Å². The predicted molar refractivity (Wildman–Crippen MR) is 127 cm³/mol. The van der Waals surface area contributed by atoms with Crippen LogP contribution in [0, 0.1) is 0 Å². The highest BCUT2D eigenvalue weighted by Crippen LogP contribution is 2.32. The number of nitrogens with two attached hydrogens (primary N) is 1. The Labute approximate surface area is 190 Å². The quantitative estimate of drug-likeness (QED) is 0.654. The van der Waals surface area contributed by atoms with Crippen LogP contribution in [0.2, 0.25) is 0 Å². The molecule has 1 aromatic carbocycles. The third-order valence-corrected chi connectivity index (χ3v) is 6.40. The lowest BCUT2D eigenvalue weighted by molar-refractivity contribution is 0.0792. The van der Waals surface area contributed by atoms with Crippen LogP contribution in [-0.2, 0) is 13.0 Å².